The van der Waals surface area contributed by atoms with Crippen molar-refractivity contribution in [1.82, 2.24) is 15.5 Å². The molecule has 0 spiro atoms. The number of hydrogen-bond donors (Lipinski definition) is 3. The van der Waals surface area contributed by atoms with Crippen molar-refractivity contribution < 1.29 is 38.4 Å². The second-order valence-corrected chi connectivity index (χ2v) is 7.01. The van der Waals surface area contributed by atoms with Gasteiger partial charge in [0.05, 0.1) is 17.3 Å². The molecule has 0 saturated carbocycles. The number of imide groups is 1. The second-order valence-electron chi connectivity index (χ2n) is 7.01. The number of carbonyl (C=O) groups is 3. The maximum absolute atomic E-state index is 12.4. The van der Waals surface area contributed by atoms with Crippen LogP contribution in [0.2, 0.25) is 0 Å². The van der Waals surface area contributed by atoms with Crippen LogP contribution in [-0.2, 0) is 9.59 Å². The largest absolute Gasteiger partial charge is 1.00 e. The molecule has 1 aliphatic heterocycles. The monoisotopic (exact) mass is 414 g/mol. The first kappa shape index (κ1) is 24.1. The van der Waals surface area contributed by atoms with Gasteiger partial charge in [0.1, 0.15) is 5.75 Å². The molecular formula is C22H23LiN4O4. The van der Waals surface area contributed by atoms with Crippen molar-refractivity contribution in [1.29, 1.82) is 0 Å². The van der Waals surface area contributed by atoms with E-state index in [0.29, 0.717) is 6.42 Å². The molecule has 1 heterocycles. The molecule has 1 aliphatic rings. The molecule has 3 N–H and O–H groups in total. The number of hydrogen-bond acceptors (Lipinski definition) is 5. The van der Waals surface area contributed by atoms with Gasteiger partial charge in [0.15, 0.2) is 0 Å². The quantitative estimate of drug-likeness (QED) is 0.426. The minimum atomic E-state index is -0.672. The van der Waals surface area contributed by atoms with E-state index in [-0.39, 0.29) is 53.3 Å². The molecule has 0 bridgehead atoms. The number of amides is 3. The number of aromatic hydroxyl groups is 1. The summed E-state index contributed by atoms with van der Waals surface area (Å²) in [6.07, 6.45) is 0.667. The van der Waals surface area contributed by atoms with Crippen molar-refractivity contribution >= 4 is 23.4 Å². The van der Waals surface area contributed by atoms with Gasteiger partial charge >= 0.3 is 18.9 Å². The predicted molar refractivity (Wildman–Crippen MR) is 112 cm³/mol. The van der Waals surface area contributed by atoms with Gasteiger partial charge in [-0.15, -0.1) is 0 Å². The van der Waals surface area contributed by atoms with Gasteiger partial charge < -0.3 is 20.6 Å². The third-order valence-electron chi connectivity index (χ3n) is 4.72. The molecule has 31 heavy (non-hydrogen) atoms. The Kier molecular flexibility index (Phi) is 7.92. The van der Waals surface area contributed by atoms with Crippen LogP contribution in [0.25, 0.3) is 5.32 Å². The third kappa shape index (κ3) is 5.10. The SMILES string of the molecule is CC[C@@H](NC1=C([N-]c2cccc(C(=O)N(C)C)c2O)C(=O)NC1=O)c1ccccc1.[Li+]. The molecule has 1 atom stereocenters. The molecule has 2 aromatic carbocycles. The van der Waals surface area contributed by atoms with Gasteiger partial charge in [0.2, 0.25) is 5.91 Å². The van der Waals surface area contributed by atoms with Crippen LogP contribution >= 0.6 is 0 Å². The smallest absolute Gasteiger partial charge is 0.649 e. The van der Waals surface area contributed by atoms with Gasteiger partial charge in [-0.3, -0.25) is 19.7 Å². The third-order valence-corrected chi connectivity index (χ3v) is 4.72. The van der Waals surface area contributed by atoms with Gasteiger partial charge in [0, 0.05) is 14.1 Å². The van der Waals surface area contributed by atoms with E-state index >= 15 is 0 Å². The van der Waals surface area contributed by atoms with Gasteiger partial charge in [-0.1, -0.05) is 55.1 Å². The average Bonchev–Trinajstić information content (AvgIpc) is 3.00. The molecule has 3 amide bonds. The van der Waals surface area contributed by atoms with Gasteiger partial charge in [-0.25, -0.2) is 0 Å². The number of carbonyl (C=O) groups excluding carboxylic acids is 3. The average molecular weight is 414 g/mol. The number of benzene rings is 2. The molecule has 2 aromatic rings. The zero-order valence-electron chi connectivity index (χ0n) is 18.0. The Morgan fingerprint density at radius 2 is 1.77 bits per heavy atom. The van der Waals surface area contributed by atoms with Crippen molar-refractivity contribution in [2.45, 2.75) is 19.4 Å². The number of phenols is 1. The summed E-state index contributed by atoms with van der Waals surface area (Å²) in [4.78, 5) is 38.3. The van der Waals surface area contributed by atoms with Crippen LogP contribution in [0.1, 0.15) is 35.3 Å². The van der Waals surface area contributed by atoms with E-state index in [1.165, 1.54) is 17.0 Å². The summed E-state index contributed by atoms with van der Waals surface area (Å²) in [6, 6.07) is 13.8. The van der Waals surface area contributed by atoms with E-state index in [9.17, 15) is 19.5 Å². The van der Waals surface area contributed by atoms with Gasteiger partial charge in [-0.2, -0.15) is 0 Å². The Balaban J connectivity index is 0.00000341. The maximum Gasteiger partial charge on any atom is 1.00 e. The van der Waals surface area contributed by atoms with Crippen LogP contribution in [0, 0.1) is 0 Å². The summed E-state index contributed by atoms with van der Waals surface area (Å²) >= 11 is 0. The molecule has 156 valence electrons. The summed E-state index contributed by atoms with van der Waals surface area (Å²) in [7, 11) is 3.13. The van der Waals surface area contributed by atoms with Gasteiger partial charge in [0.25, 0.3) is 11.8 Å². The summed E-state index contributed by atoms with van der Waals surface area (Å²) in [5, 5.41) is 20.1. The molecule has 0 radical (unpaired) electrons. The van der Waals surface area contributed by atoms with E-state index < -0.39 is 17.7 Å². The molecule has 0 aliphatic carbocycles. The number of phenolic OH excluding ortho intramolecular Hbond substituents is 1. The molecule has 8 nitrogen and oxygen atoms in total. The standard InChI is InChI=1S/C22H24N4O4.Li/c1-4-15(13-9-6-5-7-10-13)23-17-18(21(29)25-20(17)28)24-16-12-8-11-14(19(16)27)22(30)26(2)3;/h5-12,15H,4H2,1-3H3,(H4,23,24,25,27,28,29,30);/q;+1/p-1/t15-;/m1./s1. The molecule has 0 fully saturated rings. The predicted octanol–water partition coefficient (Wildman–Crippen LogP) is -0.288. The van der Waals surface area contributed by atoms with Crippen molar-refractivity contribution in [2.75, 3.05) is 14.1 Å². The van der Waals surface area contributed by atoms with Gasteiger partial charge in [-0.05, 0) is 23.7 Å². The van der Waals surface area contributed by atoms with Crippen LogP contribution < -0.4 is 29.5 Å². The van der Waals surface area contributed by atoms with Crippen molar-refractivity contribution in [3.05, 3.63) is 76.4 Å². The Bertz CT molecular complexity index is 1020. The minimum absolute atomic E-state index is 0. The number of nitrogens with one attached hydrogen (secondary N) is 2. The maximum atomic E-state index is 12.4. The van der Waals surface area contributed by atoms with Crippen LogP contribution in [-0.4, -0.2) is 41.8 Å². The first-order chi connectivity index (χ1) is 14.3. The fourth-order valence-corrected chi connectivity index (χ4v) is 3.12. The molecule has 3 rings (SSSR count). The number of para-hydroxylation sites is 1. The van der Waals surface area contributed by atoms with Crippen LogP contribution in [0.15, 0.2) is 59.9 Å². The van der Waals surface area contributed by atoms with Crippen molar-refractivity contribution in [3.63, 3.8) is 0 Å². The Morgan fingerprint density at radius 3 is 2.39 bits per heavy atom. The normalized spacial score (nSPS) is 13.9. The van der Waals surface area contributed by atoms with E-state index in [1.54, 1.807) is 20.2 Å². The summed E-state index contributed by atoms with van der Waals surface area (Å²) in [5.74, 6) is -2.02. The Hall–Kier alpha value is -3.21. The molecule has 0 aromatic heterocycles. The van der Waals surface area contributed by atoms with E-state index in [1.807, 2.05) is 37.3 Å². The van der Waals surface area contributed by atoms with Crippen LogP contribution in [0.5, 0.6) is 5.75 Å². The fraction of sp³-hybridized carbons (Fsp3) is 0.227. The zero-order chi connectivity index (χ0) is 21.8. The van der Waals surface area contributed by atoms with Crippen LogP contribution in [0.4, 0.5) is 5.69 Å². The Labute approximate surface area is 192 Å². The molecule has 0 unspecified atom stereocenters. The van der Waals surface area contributed by atoms with E-state index in [0.717, 1.165) is 5.56 Å². The second kappa shape index (κ2) is 10.2. The number of rotatable bonds is 7. The topological polar surface area (TPSA) is 113 Å². The first-order valence-electron chi connectivity index (χ1n) is 9.50. The molecular weight excluding hydrogens is 391 g/mol. The summed E-state index contributed by atoms with van der Waals surface area (Å²) in [6.45, 7) is 1.96. The number of nitrogens with zero attached hydrogens (tertiary/aromatic N) is 2. The Morgan fingerprint density at radius 1 is 1.10 bits per heavy atom. The van der Waals surface area contributed by atoms with E-state index in [4.69, 9.17) is 0 Å². The zero-order valence-corrected chi connectivity index (χ0v) is 18.0. The van der Waals surface area contributed by atoms with Crippen molar-refractivity contribution in [2.24, 2.45) is 0 Å². The summed E-state index contributed by atoms with van der Waals surface area (Å²) < 4.78 is 0. The summed E-state index contributed by atoms with van der Waals surface area (Å²) in [5.41, 5.74) is 0.922. The van der Waals surface area contributed by atoms with Crippen molar-refractivity contribution in [3.8, 4) is 5.75 Å². The first-order valence-corrected chi connectivity index (χ1v) is 9.50. The molecule has 0 saturated heterocycles. The fourth-order valence-electron chi connectivity index (χ4n) is 3.12. The van der Waals surface area contributed by atoms with E-state index in [2.05, 4.69) is 16.0 Å². The molecule has 9 heteroatoms. The van der Waals surface area contributed by atoms with Crippen LogP contribution in [0.3, 0.4) is 0 Å². The minimum Gasteiger partial charge on any atom is -0.649 e.